The molecule has 0 saturated heterocycles. The molecule has 4 aromatic rings. The van der Waals surface area contributed by atoms with Gasteiger partial charge in [-0.05, 0) is 93.5 Å². The maximum atomic E-state index is 13.9. The van der Waals surface area contributed by atoms with Crippen molar-refractivity contribution in [1.29, 1.82) is 5.26 Å². The zero-order valence-electron chi connectivity index (χ0n) is 28.4. The van der Waals surface area contributed by atoms with Crippen molar-refractivity contribution in [2.45, 2.75) is 70.6 Å². The first-order valence-electron chi connectivity index (χ1n) is 16.4. The van der Waals surface area contributed by atoms with Crippen molar-refractivity contribution in [3.63, 3.8) is 0 Å². The van der Waals surface area contributed by atoms with Gasteiger partial charge in [-0.1, -0.05) is 6.07 Å². The summed E-state index contributed by atoms with van der Waals surface area (Å²) in [6.45, 7) is 6.06. The van der Waals surface area contributed by atoms with Gasteiger partial charge >= 0.3 is 6.09 Å². The van der Waals surface area contributed by atoms with E-state index in [2.05, 4.69) is 21.6 Å². The summed E-state index contributed by atoms with van der Waals surface area (Å²) in [6, 6.07) is 12.9. The zero-order valence-corrected chi connectivity index (χ0v) is 28.4. The van der Waals surface area contributed by atoms with Crippen molar-refractivity contribution < 1.29 is 19.1 Å². The van der Waals surface area contributed by atoms with Gasteiger partial charge in [0.05, 0.1) is 24.8 Å². The first-order chi connectivity index (χ1) is 23.4. The molecular weight excluding hydrogens is 624 g/mol. The molecule has 2 amide bonds. The number of benzene rings is 1. The number of hydrogen-bond donors (Lipinski definition) is 1. The van der Waals surface area contributed by atoms with Crippen LogP contribution in [-0.4, -0.2) is 67.1 Å². The fourth-order valence-corrected chi connectivity index (χ4v) is 5.64. The molecule has 6 rings (SSSR count). The SMILES string of the molecule is COCCN(Cc1cc(C(=O)Nc2cc(-c3ccc(C#N)cc3-c3nncn3C)cc(C3CC3)n2)c(=O)n(C2CC2)c1)C(=O)OC(C)(C)C. The fourth-order valence-electron chi connectivity index (χ4n) is 5.64. The number of methoxy groups -OCH3 is 1. The summed E-state index contributed by atoms with van der Waals surface area (Å²) in [4.78, 5) is 47.0. The van der Waals surface area contributed by atoms with Crippen LogP contribution < -0.4 is 10.9 Å². The number of carbonyl (C=O) groups excluding carboxylic acids is 2. The summed E-state index contributed by atoms with van der Waals surface area (Å²) in [5.74, 6) is 0.553. The number of pyridine rings is 2. The van der Waals surface area contributed by atoms with E-state index in [0.717, 1.165) is 42.5 Å². The Bertz CT molecular complexity index is 2000. The number of ether oxygens (including phenoxy) is 2. The van der Waals surface area contributed by atoms with Crippen LogP contribution in [0.3, 0.4) is 0 Å². The maximum Gasteiger partial charge on any atom is 0.410 e. The molecule has 13 heteroatoms. The van der Waals surface area contributed by atoms with E-state index in [0.29, 0.717) is 28.3 Å². The molecule has 0 radical (unpaired) electrons. The minimum atomic E-state index is -0.701. The lowest BCUT2D eigenvalue weighted by atomic mass is 9.96. The van der Waals surface area contributed by atoms with Crippen molar-refractivity contribution in [3.05, 3.63) is 81.7 Å². The van der Waals surface area contributed by atoms with E-state index in [4.69, 9.17) is 14.5 Å². The predicted octanol–water partition coefficient (Wildman–Crippen LogP) is 5.43. The third-order valence-electron chi connectivity index (χ3n) is 8.37. The van der Waals surface area contributed by atoms with Gasteiger partial charge in [0.15, 0.2) is 5.82 Å². The predicted molar refractivity (Wildman–Crippen MR) is 182 cm³/mol. The Morgan fingerprint density at radius 2 is 1.88 bits per heavy atom. The molecule has 2 aliphatic rings. The Morgan fingerprint density at radius 1 is 1.10 bits per heavy atom. The summed E-state index contributed by atoms with van der Waals surface area (Å²) in [5.41, 5.74) is 3.07. The number of nitriles is 1. The van der Waals surface area contributed by atoms with Gasteiger partial charge in [-0.2, -0.15) is 5.26 Å². The molecule has 2 aliphatic carbocycles. The summed E-state index contributed by atoms with van der Waals surface area (Å²) in [5, 5.41) is 20.8. The average molecular weight is 665 g/mol. The van der Waals surface area contributed by atoms with E-state index >= 15 is 0 Å². The lowest BCUT2D eigenvalue weighted by Gasteiger charge is -2.27. The lowest BCUT2D eigenvalue weighted by molar-refractivity contribution is 0.0183. The van der Waals surface area contributed by atoms with Gasteiger partial charge in [-0.25, -0.2) is 9.78 Å². The minimum Gasteiger partial charge on any atom is -0.444 e. The molecule has 1 N–H and O–H groups in total. The Labute approximate surface area is 284 Å². The van der Waals surface area contributed by atoms with Gasteiger partial charge in [-0.3, -0.25) is 9.59 Å². The van der Waals surface area contributed by atoms with Crippen LogP contribution in [0, 0.1) is 11.3 Å². The van der Waals surface area contributed by atoms with Crippen molar-refractivity contribution in [2.24, 2.45) is 7.05 Å². The number of rotatable bonds is 11. The highest BCUT2D eigenvalue weighted by Gasteiger charge is 2.30. The van der Waals surface area contributed by atoms with Crippen molar-refractivity contribution >= 4 is 17.8 Å². The van der Waals surface area contributed by atoms with Crippen LogP contribution in [0.5, 0.6) is 0 Å². The highest BCUT2D eigenvalue weighted by Crippen LogP contribution is 2.42. The number of hydrogen-bond acceptors (Lipinski definition) is 9. The molecule has 3 aromatic heterocycles. The number of nitrogens with one attached hydrogen (secondary N) is 1. The topological polar surface area (TPSA) is 157 Å². The summed E-state index contributed by atoms with van der Waals surface area (Å²) in [7, 11) is 3.39. The number of nitrogens with zero attached hydrogens (tertiary/aromatic N) is 7. The molecule has 2 saturated carbocycles. The van der Waals surface area contributed by atoms with Gasteiger partial charge in [0.1, 0.15) is 23.3 Å². The average Bonchev–Trinajstić information content (AvgIpc) is 4.00. The second-order valence-corrected chi connectivity index (χ2v) is 13.6. The molecule has 0 spiro atoms. The van der Waals surface area contributed by atoms with Crippen LogP contribution in [0.15, 0.2) is 53.7 Å². The van der Waals surface area contributed by atoms with E-state index in [1.807, 2.05) is 19.2 Å². The lowest BCUT2D eigenvalue weighted by Crippen LogP contribution is -2.39. The van der Waals surface area contributed by atoms with Crippen molar-refractivity contribution in [2.75, 3.05) is 25.6 Å². The van der Waals surface area contributed by atoms with E-state index in [9.17, 15) is 19.6 Å². The highest BCUT2D eigenvalue weighted by molar-refractivity contribution is 6.04. The van der Waals surface area contributed by atoms with E-state index in [-0.39, 0.29) is 37.2 Å². The Morgan fingerprint density at radius 3 is 2.51 bits per heavy atom. The first kappa shape index (κ1) is 33.5. The number of aryl methyl sites for hydroxylation is 1. The Kier molecular flexibility index (Phi) is 9.34. The molecule has 3 heterocycles. The van der Waals surface area contributed by atoms with Crippen LogP contribution in [0.2, 0.25) is 0 Å². The van der Waals surface area contributed by atoms with Crippen LogP contribution in [0.25, 0.3) is 22.5 Å². The van der Waals surface area contributed by atoms with Crippen LogP contribution in [0.4, 0.5) is 10.6 Å². The quantitative estimate of drug-likeness (QED) is 0.221. The summed E-state index contributed by atoms with van der Waals surface area (Å²) in [6.07, 6.45) is 6.44. The molecule has 49 heavy (non-hydrogen) atoms. The Hall–Kier alpha value is -5.35. The molecule has 0 bridgehead atoms. The number of amides is 2. The molecular formula is C36H40N8O5. The molecule has 0 atom stereocenters. The zero-order chi connectivity index (χ0) is 34.9. The highest BCUT2D eigenvalue weighted by atomic mass is 16.6. The molecule has 1 aromatic carbocycles. The van der Waals surface area contributed by atoms with Gasteiger partial charge in [0.2, 0.25) is 0 Å². The van der Waals surface area contributed by atoms with Gasteiger partial charge in [0.25, 0.3) is 11.5 Å². The van der Waals surface area contributed by atoms with E-state index < -0.39 is 23.2 Å². The van der Waals surface area contributed by atoms with Crippen LogP contribution in [0.1, 0.15) is 85.6 Å². The van der Waals surface area contributed by atoms with Crippen molar-refractivity contribution in [1.82, 2.24) is 29.2 Å². The molecule has 254 valence electrons. The standard InChI is InChI=1S/C36H40N8O5/c1-36(2,3)49-35(47)43(12-13-48-5)19-23-15-29(34(46)44(20-23)26-9-10-26)33(45)40-31-17-25(16-30(39-31)24-7-8-24)27-11-6-22(18-37)14-28(27)32-41-38-21-42(32)4/h6,11,14-17,20-21,24,26H,7-10,12-13,19H2,1-5H3,(H,39,40,45). The van der Waals surface area contributed by atoms with Gasteiger partial charge in [-0.15, -0.1) is 10.2 Å². The second-order valence-electron chi connectivity index (χ2n) is 13.6. The summed E-state index contributed by atoms with van der Waals surface area (Å²) >= 11 is 0. The number of anilines is 1. The van der Waals surface area contributed by atoms with Gasteiger partial charge in [0, 0.05) is 50.1 Å². The third-order valence-corrected chi connectivity index (χ3v) is 8.37. The summed E-state index contributed by atoms with van der Waals surface area (Å²) < 4.78 is 14.2. The van der Waals surface area contributed by atoms with E-state index in [1.54, 1.807) is 73.8 Å². The molecule has 2 fully saturated rings. The van der Waals surface area contributed by atoms with Gasteiger partial charge < -0.3 is 28.8 Å². The Balaban J connectivity index is 1.35. The first-order valence-corrected chi connectivity index (χ1v) is 16.4. The fraction of sp³-hybridized carbons (Fsp3) is 0.417. The molecule has 13 nitrogen and oxygen atoms in total. The van der Waals surface area contributed by atoms with Crippen LogP contribution in [-0.2, 0) is 23.1 Å². The number of carbonyl (C=O) groups is 2. The minimum absolute atomic E-state index is 0.00807. The normalized spacial score (nSPS) is 14.3. The van der Waals surface area contributed by atoms with Crippen molar-refractivity contribution in [3.8, 4) is 28.6 Å². The largest absolute Gasteiger partial charge is 0.444 e. The van der Waals surface area contributed by atoms with E-state index in [1.165, 1.54) is 4.90 Å². The second kappa shape index (κ2) is 13.6. The van der Waals surface area contributed by atoms with Crippen LogP contribution >= 0.6 is 0 Å². The monoisotopic (exact) mass is 664 g/mol. The molecule has 0 aliphatic heterocycles. The molecule has 0 unspecified atom stereocenters. The third kappa shape index (κ3) is 7.87. The smallest absolute Gasteiger partial charge is 0.410 e. The number of aromatic nitrogens is 5. The maximum absolute atomic E-state index is 13.9.